The van der Waals surface area contributed by atoms with Crippen molar-refractivity contribution < 1.29 is 19.5 Å². The molecule has 0 spiro atoms. The second-order valence-electron chi connectivity index (χ2n) is 5.12. The molecular formula is C16H22N2O4. The molecule has 1 aromatic heterocycles. The number of hydrogen-bond donors (Lipinski definition) is 3. The number of aromatic nitrogens is 1. The quantitative estimate of drug-likeness (QED) is 0.506. The fourth-order valence-corrected chi connectivity index (χ4v) is 2.47. The van der Waals surface area contributed by atoms with Gasteiger partial charge in [0.15, 0.2) is 5.78 Å². The average Bonchev–Trinajstić information content (AvgIpc) is 2.79. The van der Waals surface area contributed by atoms with Crippen LogP contribution in [0.5, 0.6) is 0 Å². The summed E-state index contributed by atoms with van der Waals surface area (Å²) in [6.45, 7) is 8.55. The fourth-order valence-electron chi connectivity index (χ4n) is 2.47. The first-order valence-corrected chi connectivity index (χ1v) is 7.20. The molecule has 0 bridgehead atoms. The summed E-state index contributed by atoms with van der Waals surface area (Å²) in [5, 5.41) is 11.6. The van der Waals surface area contributed by atoms with Gasteiger partial charge in [0.1, 0.15) is 11.7 Å². The molecule has 0 radical (unpaired) electrons. The van der Waals surface area contributed by atoms with Gasteiger partial charge in [-0.3, -0.25) is 9.59 Å². The van der Waals surface area contributed by atoms with Crippen molar-refractivity contribution in [3.8, 4) is 0 Å². The van der Waals surface area contributed by atoms with E-state index in [0.717, 1.165) is 0 Å². The van der Waals surface area contributed by atoms with Crippen molar-refractivity contribution >= 4 is 17.7 Å². The molecule has 6 nitrogen and oxygen atoms in total. The second-order valence-corrected chi connectivity index (χ2v) is 5.12. The Morgan fingerprint density at radius 1 is 1.41 bits per heavy atom. The maximum absolute atomic E-state index is 12.3. The zero-order valence-electron chi connectivity index (χ0n) is 13.2. The summed E-state index contributed by atoms with van der Waals surface area (Å²) in [5.41, 5.74) is 2.00. The third kappa shape index (κ3) is 3.84. The normalized spacial score (nSPS) is 11.8. The van der Waals surface area contributed by atoms with E-state index in [9.17, 15) is 14.4 Å². The summed E-state index contributed by atoms with van der Waals surface area (Å²) in [7, 11) is 0. The minimum absolute atomic E-state index is 0.119. The number of hydrogen-bond acceptors (Lipinski definition) is 3. The van der Waals surface area contributed by atoms with Crippen molar-refractivity contribution in [2.45, 2.75) is 46.1 Å². The van der Waals surface area contributed by atoms with Crippen LogP contribution in [0.1, 0.15) is 58.8 Å². The minimum atomic E-state index is -1.09. The lowest BCUT2D eigenvalue weighted by molar-refractivity contribution is -0.139. The van der Waals surface area contributed by atoms with Crippen LogP contribution in [-0.2, 0) is 11.2 Å². The summed E-state index contributed by atoms with van der Waals surface area (Å²) in [4.78, 5) is 38.1. The van der Waals surface area contributed by atoms with E-state index in [1.54, 1.807) is 13.0 Å². The van der Waals surface area contributed by atoms with Crippen LogP contribution in [0.3, 0.4) is 0 Å². The number of carbonyl (C=O) groups is 3. The Kier molecular flexibility index (Phi) is 6.10. The van der Waals surface area contributed by atoms with Gasteiger partial charge in [-0.1, -0.05) is 13.0 Å². The van der Waals surface area contributed by atoms with Crippen LogP contribution in [0.25, 0.3) is 0 Å². The lowest BCUT2D eigenvalue weighted by atomic mass is 10.0. The van der Waals surface area contributed by atoms with Crippen LogP contribution in [-0.4, -0.2) is 33.8 Å². The van der Waals surface area contributed by atoms with Crippen LogP contribution in [0, 0.1) is 6.92 Å². The van der Waals surface area contributed by atoms with Crippen molar-refractivity contribution in [1.82, 2.24) is 10.3 Å². The number of ketones is 1. The number of aliphatic carboxylic acids is 1. The van der Waals surface area contributed by atoms with E-state index in [2.05, 4.69) is 16.9 Å². The summed E-state index contributed by atoms with van der Waals surface area (Å²) in [5.74, 6) is -1.72. The van der Waals surface area contributed by atoms with Gasteiger partial charge in [0.25, 0.3) is 5.91 Å². The van der Waals surface area contributed by atoms with Crippen molar-refractivity contribution in [3.05, 3.63) is 35.2 Å². The molecule has 1 rings (SSSR count). The van der Waals surface area contributed by atoms with Crippen molar-refractivity contribution in [2.24, 2.45) is 0 Å². The molecule has 3 N–H and O–H groups in total. The molecule has 0 saturated heterocycles. The molecule has 1 atom stereocenters. The number of aryl methyl sites for hydroxylation is 1. The monoisotopic (exact) mass is 306 g/mol. The first-order chi connectivity index (χ1) is 10.3. The van der Waals surface area contributed by atoms with Gasteiger partial charge in [0.05, 0.1) is 0 Å². The summed E-state index contributed by atoms with van der Waals surface area (Å²) < 4.78 is 0. The van der Waals surface area contributed by atoms with Crippen LogP contribution in [0.15, 0.2) is 12.7 Å². The summed E-state index contributed by atoms with van der Waals surface area (Å²) in [6.07, 6.45) is 2.87. The smallest absolute Gasteiger partial charge is 0.326 e. The number of carbonyl (C=O) groups excluding carboxylic acids is 2. The van der Waals surface area contributed by atoms with Gasteiger partial charge in [0.2, 0.25) is 0 Å². The molecule has 1 aromatic rings. The number of nitrogens with one attached hydrogen (secondary N) is 2. The molecule has 1 unspecified atom stereocenters. The number of Topliss-reactive ketones (excluding diaryl/α,β-unsaturated/α-hetero) is 1. The van der Waals surface area contributed by atoms with E-state index >= 15 is 0 Å². The average molecular weight is 306 g/mol. The Hall–Kier alpha value is -2.37. The Morgan fingerprint density at radius 2 is 2.05 bits per heavy atom. The van der Waals surface area contributed by atoms with Gasteiger partial charge in [-0.25, -0.2) is 4.79 Å². The molecule has 0 saturated carbocycles. The van der Waals surface area contributed by atoms with Crippen molar-refractivity contribution in [1.29, 1.82) is 0 Å². The molecule has 0 aliphatic heterocycles. The van der Waals surface area contributed by atoms with Crippen LogP contribution in [0.2, 0.25) is 0 Å². The highest BCUT2D eigenvalue weighted by atomic mass is 16.4. The fraction of sp³-hybridized carbons (Fsp3) is 0.438. The van der Waals surface area contributed by atoms with Gasteiger partial charge >= 0.3 is 5.97 Å². The zero-order chi connectivity index (χ0) is 16.9. The summed E-state index contributed by atoms with van der Waals surface area (Å²) in [6, 6.07) is -0.986. The third-order valence-electron chi connectivity index (χ3n) is 3.49. The predicted octanol–water partition coefficient (Wildman–Crippen LogP) is 2.24. The van der Waals surface area contributed by atoms with E-state index in [1.807, 2.05) is 6.92 Å². The van der Waals surface area contributed by atoms with Gasteiger partial charge in [0, 0.05) is 11.3 Å². The highest BCUT2D eigenvalue weighted by Crippen LogP contribution is 2.20. The van der Waals surface area contributed by atoms with Crippen LogP contribution < -0.4 is 5.32 Å². The first-order valence-electron chi connectivity index (χ1n) is 7.20. The largest absolute Gasteiger partial charge is 0.480 e. The highest BCUT2D eigenvalue weighted by molar-refractivity contribution is 6.03. The van der Waals surface area contributed by atoms with E-state index < -0.39 is 17.9 Å². The molecule has 22 heavy (non-hydrogen) atoms. The SMILES string of the molecule is C=CCCC(NC(=O)c1[nH]c(C)c(C(C)=O)c1CC)C(=O)O. The van der Waals surface area contributed by atoms with Crippen LogP contribution in [0.4, 0.5) is 0 Å². The van der Waals surface area contributed by atoms with Crippen molar-refractivity contribution in [2.75, 3.05) is 0 Å². The number of allylic oxidation sites excluding steroid dienone is 1. The molecule has 0 aromatic carbocycles. The number of amides is 1. The zero-order valence-corrected chi connectivity index (χ0v) is 13.2. The molecular weight excluding hydrogens is 284 g/mol. The molecule has 1 heterocycles. The minimum Gasteiger partial charge on any atom is -0.480 e. The molecule has 0 aliphatic carbocycles. The van der Waals surface area contributed by atoms with Gasteiger partial charge in [-0.15, -0.1) is 6.58 Å². The van der Waals surface area contributed by atoms with Gasteiger partial charge in [-0.05, 0) is 38.7 Å². The van der Waals surface area contributed by atoms with E-state index in [0.29, 0.717) is 29.7 Å². The number of aromatic amines is 1. The van der Waals surface area contributed by atoms with Crippen LogP contribution >= 0.6 is 0 Å². The van der Waals surface area contributed by atoms with E-state index in [1.165, 1.54) is 6.92 Å². The molecule has 120 valence electrons. The maximum atomic E-state index is 12.3. The number of carboxylic acid groups (broad SMARTS) is 1. The molecule has 6 heteroatoms. The molecule has 0 fully saturated rings. The van der Waals surface area contributed by atoms with E-state index in [-0.39, 0.29) is 17.9 Å². The van der Waals surface area contributed by atoms with Crippen molar-refractivity contribution in [3.63, 3.8) is 0 Å². The van der Waals surface area contributed by atoms with Gasteiger partial charge in [-0.2, -0.15) is 0 Å². The Labute approximate surface area is 129 Å². The number of rotatable bonds is 8. The molecule has 1 amide bonds. The molecule has 0 aliphatic rings. The van der Waals surface area contributed by atoms with E-state index in [4.69, 9.17) is 5.11 Å². The lowest BCUT2D eigenvalue weighted by Gasteiger charge is -2.13. The Balaban J connectivity index is 3.07. The predicted molar refractivity (Wildman–Crippen MR) is 83.2 cm³/mol. The lowest BCUT2D eigenvalue weighted by Crippen LogP contribution is -2.41. The highest BCUT2D eigenvalue weighted by Gasteiger charge is 2.25. The third-order valence-corrected chi connectivity index (χ3v) is 3.49. The standard InChI is InChI=1S/C16H22N2O4/c1-5-7-8-12(16(21)22)18-15(20)14-11(6-2)13(10(4)19)9(3)17-14/h5,12,17H,1,6-8H2,2-4H3,(H,18,20)(H,21,22). The maximum Gasteiger partial charge on any atom is 0.326 e. The topological polar surface area (TPSA) is 99.3 Å². The summed E-state index contributed by atoms with van der Waals surface area (Å²) >= 11 is 0. The van der Waals surface area contributed by atoms with Gasteiger partial charge < -0.3 is 15.4 Å². The second kappa shape index (κ2) is 7.59. The number of carboxylic acids is 1. The Morgan fingerprint density at radius 3 is 2.50 bits per heavy atom. The first kappa shape index (κ1) is 17.7. The Bertz CT molecular complexity index is 602. The number of H-pyrrole nitrogens is 1.